The third kappa shape index (κ3) is 5.53. The summed E-state index contributed by atoms with van der Waals surface area (Å²) in [6, 6.07) is 9.55. The number of likely N-dealkylation sites (tertiary alicyclic amines) is 1. The third-order valence-electron chi connectivity index (χ3n) is 7.28. The number of nitrogens with one attached hydrogen (secondary N) is 3. The van der Waals surface area contributed by atoms with Gasteiger partial charge in [-0.1, -0.05) is 36.9 Å². The molecule has 10 nitrogen and oxygen atoms in total. The fraction of sp³-hybridized carbons (Fsp3) is 0.481. The molecule has 1 fully saturated rings. The van der Waals surface area contributed by atoms with Crippen LogP contribution in [0.1, 0.15) is 49.6 Å². The number of benzene rings is 1. The molecule has 2 atom stereocenters. The van der Waals surface area contributed by atoms with E-state index >= 15 is 0 Å². The molecule has 1 aromatic heterocycles. The average Bonchev–Trinajstić information content (AvgIpc) is 3.41. The van der Waals surface area contributed by atoms with Crippen molar-refractivity contribution in [2.24, 2.45) is 5.92 Å². The van der Waals surface area contributed by atoms with Crippen LogP contribution in [-0.4, -0.2) is 76.5 Å². The molecule has 1 aromatic carbocycles. The molecule has 3 heterocycles. The van der Waals surface area contributed by atoms with Gasteiger partial charge in [0.25, 0.3) is 0 Å². The van der Waals surface area contributed by atoms with Crippen molar-refractivity contribution in [1.82, 2.24) is 30.2 Å². The molecule has 0 aliphatic carbocycles. The number of H-pyrrole nitrogens is 1. The number of nitrogens with zero attached hydrogens (tertiary/aromatic N) is 4. The van der Waals surface area contributed by atoms with Gasteiger partial charge in [0.15, 0.2) is 5.82 Å². The van der Waals surface area contributed by atoms with Crippen molar-refractivity contribution < 1.29 is 14.4 Å². The maximum atomic E-state index is 13.5. The number of carbonyl (C=O) groups excluding carboxylic acids is 3. The van der Waals surface area contributed by atoms with Gasteiger partial charge in [-0.25, -0.2) is 4.79 Å². The number of amides is 4. The van der Waals surface area contributed by atoms with E-state index in [0.717, 1.165) is 23.2 Å². The van der Waals surface area contributed by atoms with Crippen LogP contribution in [0.5, 0.6) is 0 Å². The summed E-state index contributed by atoms with van der Waals surface area (Å²) in [6.45, 7) is 9.43. The maximum absolute atomic E-state index is 13.5. The van der Waals surface area contributed by atoms with E-state index in [9.17, 15) is 14.4 Å². The molecule has 2 aromatic rings. The Labute approximate surface area is 218 Å². The smallest absolute Gasteiger partial charge is 0.319 e. The van der Waals surface area contributed by atoms with Crippen LogP contribution < -0.4 is 10.6 Å². The first kappa shape index (κ1) is 26.4. The van der Waals surface area contributed by atoms with E-state index in [2.05, 4.69) is 27.4 Å². The highest BCUT2D eigenvalue weighted by molar-refractivity contribution is 5.94. The van der Waals surface area contributed by atoms with Gasteiger partial charge in [0, 0.05) is 25.2 Å². The minimum absolute atomic E-state index is 0.162. The van der Waals surface area contributed by atoms with Crippen LogP contribution in [-0.2, 0) is 21.7 Å². The summed E-state index contributed by atoms with van der Waals surface area (Å²) in [5, 5.41) is 13.6. The van der Waals surface area contributed by atoms with Gasteiger partial charge < -0.3 is 25.3 Å². The van der Waals surface area contributed by atoms with Crippen molar-refractivity contribution in [2.45, 2.75) is 44.8 Å². The Morgan fingerprint density at radius 1 is 1.27 bits per heavy atom. The SMILES string of the molecule is C=CC(=O)N1CCC[C@H](C(=O)Nc2n[nH]c3c2CN(C(=O)NC(CN(C)C)c2ccccc2)C3(C)C)C1. The second kappa shape index (κ2) is 10.8. The van der Waals surface area contributed by atoms with Crippen molar-refractivity contribution in [3.8, 4) is 0 Å². The van der Waals surface area contributed by atoms with Crippen LogP contribution in [0.25, 0.3) is 0 Å². The number of aromatic nitrogens is 2. The van der Waals surface area contributed by atoms with E-state index in [4.69, 9.17) is 0 Å². The Balaban J connectivity index is 1.47. The predicted octanol–water partition coefficient (Wildman–Crippen LogP) is 2.84. The van der Waals surface area contributed by atoms with Crippen LogP contribution in [0.2, 0.25) is 0 Å². The van der Waals surface area contributed by atoms with Gasteiger partial charge in [-0.05, 0) is 52.4 Å². The van der Waals surface area contributed by atoms with Gasteiger partial charge in [-0.2, -0.15) is 5.10 Å². The van der Waals surface area contributed by atoms with Crippen molar-refractivity contribution in [3.05, 3.63) is 59.8 Å². The molecule has 0 radical (unpaired) electrons. The zero-order valence-electron chi connectivity index (χ0n) is 22.1. The fourth-order valence-corrected chi connectivity index (χ4v) is 5.20. The Hall–Kier alpha value is -3.66. The van der Waals surface area contributed by atoms with Crippen LogP contribution >= 0.6 is 0 Å². The molecular formula is C27H37N7O3. The lowest BCUT2D eigenvalue weighted by molar-refractivity contribution is -0.130. The van der Waals surface area contributed by atoms with E-state index in [1.54, 1.807) is 9.80 Å². The molecule has 2 aliphatic rings. The number of anilines is 1. The summed E-state index contributed by atoms with van der Waals surface area (Å²) in [5.74, 6) is -0.226. The molecule has 4 rings (SSSR count). The van der Waals surface area contributed by atoms with Crippen LogP contribution in [0.4, 0.5) is 10.6 Å². The molecule has 3 N–H and O–H groups in total. The average molecular weight is 508 g/mol. The van der Waals surface area contributed by atoms with Crippen molar-refractivity contribution in [3.63, 3.8) is 0 Å². The van der Waals surface area contributed by atoms with Gasteiger partial charge in [-0.15, -0.1) is 0 Å². The predicted molar refractivity (Wildman–Crippen MR) is 142 cm³/mol. The monoisotopic (exact) mass is 507 g/mol. The number of urea groups is 1. The zero-order chi connectivity index (χ0) is 26.7. The van der Waals surface area contributed by atoms with Gasteiger partial charge in [0.1, 0.15) is 0 Å². The van der Waals surface area contributed by atoms with Crippen molar-refractivity contribution >= 4 is 23.7 Å². The van der Waals surface area contributed by atoms with E-state index in [1.807, 2.05) is 63.2 Å². The minimum Gasteiger partial charge on any atom is -0.338 e. The number of hydrogen-bond acceptors (Lipinski definition) is 5. The molecule has 1 unspecified atom stereocenters. The lowest BCUT2D eigenvalue weighted by atomic mass is 9.97. The number of rotatable bonds is 7. The van der Waals surface area contributed by atoms with Crippen molar-refractivity contribution in [1.29, 1.82) is 0 Å². The first-order chi connectivity index (χ1) is 17.6. The van der Waals surface area contributed by atoms with Crippen LogP contribution in [0.15, 0.2) is 43.0 Å². The summed E-state index contributed by atoms with van der Waals surface area (Å²) in [4.78, 5) is 44.1. The second-order valence-corrected chi connectivity index (χ2v) is 10.6. The van der Waals surface area contributed by atoms with Crippen LogP contribution in [0, 0.1) is 5.92 Å². The Bertz CT molecular complexity index is 1160. The highest BCUT2D eigenvalue weighted by Gasteiger charge is 2.44. The Morgan fingerprint density at radius 3 is 2.68 bits per heavy atom. The highest BCUT2D eigenvalue weighted by Crippen LogP contribution is 2.40. The standard InChI is InChI=1S/C27H37N7O3/c1-6-22(35)33-14-10-13-19(15-33)25(36)29-24-20-16-34(27(2,3)23(20)30-31-24)26(37)28-21(17-32(4)5)18-11-8-7-9-12-18/h6-9,11-12,19,21H,1,10,13-17H2,2-5H3,(H,28,37)(H2,29,30,31,36)/t19-,21?/m0/s1. The molecule has 0 bridgehead atoms. The maximum Gasteiger partial charge on any atom is 0.319 e. The zero-order valence-corrected chi connectivity index (χ0v) is 22.1. The third-order valence-corrected chi connectivity index (χ3v) is 7.28. The summed E-state index contributed by atoms with van der Waals surface area (Å²) < 4.78 is 0. The number of fused-ring (bicyclic) bond motifs is 1. The summed E-state index contributed by atoms with van der Waals surface area (Å²) in [6.07, 6.45) is 2.74. The number of hydrogen-bond donors (Lipinski definition) is 3. The first-order valence-corrected chi connectivity index (χ1v) is 12.7. The van der Waals surface area contributed by atoms with E-state index in [0.29, 0.717) is 38.4 Å². The number of likely N-dealkylation sites (N-methyl/N-ethyl adjacent to an activating group) is 1. The molecule has 2 aliphatic heterocycles. The van der Waals surface area contributed by atoms with Gasteiger partial charge in [-0.3, -0.25) is 14.7 Å². The lowest BCUT2D eigenvalue weighted by Gasteiger charge is -2.34. The van der Waals surface area contributed by atoms with Crippen LogP contribution in [0.3, 0.4) is 0 Å². The Morgan fingerprint density at radius 2 is 2.00 bits per heavy atom. The lowest BCUT2D eigenvalue weighted by Crippen LogP contribution is -2.48. The molecule has 4 amide bonds. The molecule has 0 spiro atoms. The largest absolute Gasteiger partial charge is 0.338 e. The topological polar surface area (TPSA) is 114 Å². The summed E-state index contributed by atoms with van der Waals surface area (Å²) in [7, 11) is 3.96. The van der Waals surface area contributed by atoms with E-state index in [1.165, 1.54) is 6.08 Å². The second-order valence-electron chi connectivity index (χ2n) is 10.6. The highest BCUT2D eigenvalue weighted by atomic mass is 16.2. The molecule has 0 saturated carbocycles. The van der Waals surface area contributed by atoms with Gasteiger partial charge >= 0.3 is 6.03 Å². The number of aromatic amines is 1. The minimum atomic E-state index is -0.646. The normalized spacial score (nSPS) is 19.3. The molecule has 37 heavy (non-hydrogen) atoms. The summed E-state index contributed by atoms with van der Waals surface area (Å²) in [5.41, 5.74) is 1.99. The molecule has 1 saturated heterocycles. The quantitative estimate of drug-likeness (QED) is 0.499. The first-order valence-electron chi connectivity index (χ1n) is 12.7. The molecule has 198 valence electrons. The van der Waals surface area contributed by atoms with Gasteiger partial charge in [0.2, 0.25) is 11.8 Å². The summed E-state index contributed by atoms with van der Waals surface area (Å²) >= 11 is 0. The number of piperidine rings is 1. The van der Waals surface area contributed by atoms with E-state index < -0.39 is 5.54 Å². The molecule has 10 heteroatoms. The Kier molecular flexibility index (Phi) is 7.68. The fourth-order valence-electron chi connectivity index (χ4n) is 5.20. The van der Waals surface area contributed by atoms with Crippen molar-refractivity contribution in [2.75, 3.05) is 39.0 Å². The number of carbonyl (C=O) groups is 3. The molecular weight excluding hydrogens is 470 g/mol. The van der Waals surface area contributed by atoms with Gasteiger partial charge in [0.05, 0.1) is 29.7 Å². The van der Waals surface area contributed by atoms with E-state index in [-0.39, 0.29) is 29.8 Å².